The highest BCUT2D eigenvalue weighted by atomic mass is 16.1. The summed E-state index contributed by atoms with van der Waals surface area (Å²) in [6, 6.07) is 13.0. The van der Waals surface area contributed by atoms with E-state index in [9.17, 15) is 10.1 Å². The number of nitrogens with one attached hydrogen (secondary N) is 1. The number of hydrogen-bond acceptors (Lipinski definition) is 3. The van der Waals surface area contributed by atoms with Crippen LogP contribution < -0.4 is 5.32 Å². The van der Waals surface area contributed by atoms with Crippen LogP contribution in [-0.4, -0.2) is 29.9 Å². The van der Waals surface area contributed by atoms with Crippen molar-refractivity contribution >= 4 is 5.91 Å². The highest BCUT2D eigenvalue weighted by Crippen LogP contribution is 2.61. The molecule has 170 valence electrons. The predicted octanol–water partition coefficient (Wildman–Crippen LogP) is 5.07. The van der Waals surface area contributed by atoms with E-state index < -0.39 is 0 Å². The van der Waals surface area contributed by atoms with E-state index in [1.807, 2.05) is 6.20 Å². The number of carbonyl (C=O) groups excluding carboxylic acids is 1. The Morgan fingerprint density at radius 1 is 1.12 bits per heavy atom. The average molecular weight is 432 g/mol. The molecule has 1 saturated heterocycles. The Balaban J connectivity index is 1.16. The SMILES string of the molecule is CC(NC(=O)/C(C#N)=C\N1CCC(Cc2ccccc2)CC1)C12CC3CC(CC(C3)C1)C2. The molecule has 1 unspecified atom stereocenters. The summed E-state index contributed by atoms with van der Waals surface area (Å²) >= 11 is 0. The number of nitrogens with zero attached hydrogens (tertiary/aromatic N) is 2. The van der Waals surface area contributed by atoms with Crippen molar-refractivity contribution in [3.05, 3.63) is 47.7 Å². The van der Waals surface area contributed by atoms with Crippen molar-refractivity contribution in [1.29, 1.82) is 5.26 Å². The fourth-order valence-electron chi connectivity index (χ4n) is 7.69. The molecule has 1 aliphatic heterocycles. The summed E-state index contributed by atoms with van der Waals surface area (Å²) in [4.78, 5) is 15.2. The van der Waals surface area contributed by atoms with E-state index in [1.54, 1.807) is 0 Å². The lowest BCUT2D eigenvalue weighted by molar-refractivity contribution is -0.122. The predicted molar refractivity (Wildman–Crippen MR) is 126 cm³/mol. The molecular formula is C28H37N3O. The molecule has 1 N–H and O–H groups in total. The fourth-order valence-corrected chi connectivity index (χ4v) is 7.69. The van der Waals surface area contributed by atoms with Crippen molar-refractivity contribution in [2.24, 2.45) is 29.1 Å². The largest absolute Gasteiger partial charge is 0.376 e. The van der Waals surface area contributed by atoms with E-state index >= 15 is 0 Å². The second kappa shape index (κ2) is 8.93. The van der Waals surface area contributed by atoms with E-state index in [2.05, 4.69) is 53.5 Å². The van der Waals surface area contributed by atoms with E-state index in [-0.39, 0.29) is 22.9 Å². The first-order valence-corrected chi connectivity index (χ1v) is 12.7. The summed E-state index contributed by atoms with van der Waals surface area (Å²) in [5.74, 6) is 3.09. The van der Waals surface area contributed by atoms with Gasteiger partial charge in [-0.2, -0.15) is 5.26 Å². The molecule has 0 radical (unpaired) electrons. The first-order valence-electron chi connectivity index (χ1n) is 12.7. The molecule has 4 heteroatoms. The van der Waals surface area contributed by atoms with E-state index in [1.165, 1.54) is 44.1 Å². The topological polar surface area (TPSA) is 56.1 Å². The smallest absolute Gasteiger partial charge is 0.263 e. The van der Waals surface area contributed by atoms with Crippen LogP contribution in [0.25, 0.3) is 0 Å². The third kappa shape index (κ3) is 4.45. The van der Waals surface area contributed by atoms with Gasteiger partial charge in [-0.1, -0.05) is 30.3 Å². The van der Waals surface area contributed by atoms with Crippen LogP contribution in [0.4, 0.5) is 0 Å². The maximum absolute atomic E-state index is 13.0. The normalized spacial score (nSPS) is 33.1. The Kier molecular flexibility index (Phi) is 6.01. The number of amides is 1. The molecule has 0 aromatic heterocycles. The van der Waals surface area contributed by atoms with Crippen LogP contribution in [0.5, 0.6) is 0 Å². The van der Waals surface area contributed by atoms with Crippen LogP contribution in [0.3, 0.4) is 0 Å². The van der Waals surface area contributed by atoms with Crippen LogP contribution in [-0.2, 0) is 11.2 Å². The van der Waals surface area contributed by atoms with Crippen molar-refractivity contribution in [3.8, 4) is 6.07 Å². The van der Waals surface area contributed by atoms with Crippen LogP contribution >= 0.6 is 0 Å². The minimum Gasteiger partial charge on any atom is -0.376 e. The van der Waals surface area contributed by atoms with Crippen molar-refractivity contribution in [2.45, 2.75) is 70.8 Å². The van der Waals surface area contributed by atoms with Gasteiger partial charge in [-0.3, -0.25) is 4.79 Å². The van der Waals surface area contributed by atoms with Crippen LogP contribution in [0.2, 0.25) is 0 Å². The van der Waals surface area contributed by atoms with Gasteiger partial charge in [-0.25, -0.2) is 0 Å². The number of carbonyl (C=O) groups is 1. The molecule has 1 amide bonds. The van der Waals surface area contributed by atoms with Gasteiger partial charge in [-0.05, 0) is 99.4 Å². The number of benzene rings is 1. The van der Waals surface area contributed by atoms with E-state index in [0.29, 0.717) is 5.92 Å². The first kappa shape index (κ1) is 21.6. The summed E-state index contributed by atoms with van der Waals surface area (Å²) in [5, 5.41) is 13.0. The Hall–Kier alpha value is -2.28. The molecule has 4 nitrogen and oxygen atoms in total. The van der Waals surface area contributed by atoms with Gasteiger partial charge in [0.25, 0.3) is 5.91 Å². The molecule has 32 heavy (non-hydrogen) atoms. The molecule has 1 aromatic carbocycles. The Morgan fingerprint density at radius 2 is 1.72 bits per heavy atom. The summed E-state index contributed by atoms with van der Waals surface area (Å²) < 4.78 is 0. The van der Waals surface area contributed by atoms with E-state index in [4.69, 9.17) is 0 Å². The van der Waals surface area contributed by atoms with Gasteiger partial charge in [-0.15, -0.1) is 0 Å². The molecule has 4 bridgehead atoms. The van der Waals surface area contributed by atoms with E-state index in [0.717, 1.165) is 50.1 Å². The summed E-state index contributed by atoms with van der Waals surface area (Å²) in [6.45, 7) is 4.02. The second-order valence-corrected chi connectivity index (χ2v) is 11.3. The van der Waals surface area contributed by atoms with Gasteiger partial charge >= 0.3 is 0 Å². The molecule has 5 fully saturated rings. The number of rotatable bonds is 6. The first-order chi connectivity index (χ1) is 15.5. The second-order valence-electron chi connectivity index (χ2n) is 11.3. The number of hydrogen-bond donors (Lipinski definition) is 1. The van der Waals surface area contributed by atoms with Crippen molar-refractivity contribution < 1.29 is 4.79 Å². The van der Waals surface area contributed by atoms with Crippen molar-refractivity contribution in [1.82, 2.24) is 10.2 Å². The molecule has 1 heterocycles. The fraction of sp³-hybridized carbons (Fsp3) is 0.643. The molecule has 1 aromatic rings. The third-order valence-electron chi connectivity index (χ3n) is 9.04. The molecule has 1 atom stereocenters. The Bertz CT molecular complexity index is 856. The van der Waals surface area contributed by atoms with Gasteiger partial charge in [0.2, 0.25) is 0 Å². The van der Waals surface area contributed by atoms with Crippen LogP contribution in [0.15, 0.2) is 42.1 Å². The lowest BCUT2D eigenvalue weighted by atomic mass is 9.48. The number of piperidine rings is 1. The molecule has 6 rings (SSSR count). The number of nitriles is 1. The van der Waals surface area contributed by atoms with Crippen molar-refractivity contribution in [3.63, 3.8) is 0 Å². The van der Waals surface area contributed by atoms with Crippen LogP contribution in [0, 0.1) is 40.4 Å². The molecule has 0 spiro atoms. The quantitative estimate of drug-likeness (QED) is 0.505. The zero-order valence-electron chi connectivity index (χ0n) is 19.4. The monoisotopic (exact) mass is 431 g/mol. The lowest BCUT2D eigenvalue weighted by Crippen LogP contribution is -2.56. The highest BCUT2D eigenvalue weighted by Gasteiger charge is 2.53. The zero-order chi connectivity index (χ0) is 22.1. The van der Waals surface area contributed by atoms with Crippen molar-refractivity contribution in [2.75, 3.05) is 13.1 Å². The summed E-state index contributed by atoms with van der Waals surface area (Å²) in [5.41, 5.74) is 1.93. The highest BCUT2D eigenvalue weighted by molar-refractivity contribution is 5.97. The minimum atomic E-state index is -0.179. The van der Waals surface area contributed by atoms with Gasteiger partial charge in [0.05, 0.1) is 0 Å². The van der Waals surface area contributed by atoms with Gasteiger partial charge < -0.3 is 10.2 Å². The summed E-state index contributed by atoms with van der Waals surface area (Å²) in [7, 11) is 0. The van der Waals surface area contributed by atoms with Gasteiger partial charge in [0.1, 0.15) is 11.6 Å². The lowest BCUT2D eigenvalue weighted by Gasteiger charge is -2.59. The third-order valence-corrected chi connectivity index (χ3v) is 9.04. The van der Waals surface area contributed by atoms with Gasteiger partial charge in [0.15, 0.2) is 0 Å². The standard InChI is InChI=1S/C28H37N3O/c1-20(28-15-23-12-24(16-28)14-25(13-23)17-28)30-27(32)26(18-29)19-31-9-7-22(8-10-31)11-21-5-3-2-4-6-21/h2-6,19-20,22-25H,7-17H2,1H3,(H,30,32)/b26-19-. The number of likely N-dealkylation sites (tertiary alicyclic amines) is 1. The Labute approximate surface area is 193 Å². The molecular weight excluding hydrogens is 394 g/mol. The average Bonchev–Trinajstić information content (AvgIpc) is 2.78. The minimum absolute atomic E-state index is 0.150. The zero-order valence-corrected chi connectivity index (χ0v) is 19.4. The maximum Gasteiger partial charge on any atom is 0.263 e. The molecule has 4 saturated carbocycles. The van der Waals surface area contributed by atoms with Crippen LogP contribution in [0.1, 0.15) is 63.9 Å². The Morgan fingerprint density at radius 3 is 2.28 bits per heavy atom. The van der Waals surface area contributed by atoms with Gasteiger partial charge in [0, 0.05) is 25.3 Å². The molecule has 4 aliphatic carbocycles. The molecule has 5 aliphatic rings. The maximum atomic E-state index is 13.0. The summed E-state index contributed by atoms with van der Waals surface area (Å²) in [6.07, 6.45) is 13.2.